The molecule has 0 spiro atoms. The van der Waals surface area contributed by atoms with Gasteiger partial charge in [0, 0.05) is 0 Å². The zero-order valence-corrected chi connectivity index (χ0v) is 16.5. The zero-order chi connectivity index (χ0) is 19.5. The van der Waals surface area contributed by atoms with E-state index in [1.165, 1.54) is 63.5 Å². The quantitative estimate of drug-likeness (QED) is 0.350. The lowest BCUT2D eigenvalue weighted by Crippen LogP contribution is -2.43. The Morgan fingerprint density at radius 2 is 1.48 bits per heavy atom. The van der Waals surface area contributed by atoms with Crippen LogP contribution < -0.4 is 10.6 Å². The highest BCUT2D eigenvalue weighted by Crippen LogP contribution is 2.31. The monoisotopic (exact) mass is 376 g/mol. The van der Waals surface area contributed by atoms with E-state index < -0.39 is 17.4 Å². The molecule has 3 amide bonds. The highest BCUT2D eigenvalue weighted by atomic mass is 19.1. The van der Waals surface area contributed by atoms with Crippen LogP contribution in [0.2, 0.25) is 0 Å². The van der Waals surface area contributed by atoms with Gasteiger partial charge in [-0.1, -0.05) is 89.7 Å². The summed E-state index contributed by atoms with van der Waals surface area (Å²) in [4.78, 5) is 24.1. The van der Waals surface area contributed by atoms with Crippen molar-refractivity contribution in [3.63, 3.8) is 0 Å². The lowest BCUT2D eigenvalue weighted by molar-refractivity contribution is -0.124. The number of urea groups is 1. The molecule has 1 aromatic rings. The predicted molar refractivity (Wildman–Crippen MR) is 106 cm³/mol. The smallest absolute Gasteiger partial charge is 0.319 e. The SMILES string of the molecule is CCCCCCCCCCCCCC1(c2cccc(F)c2)NC(=O)NC1=O. The number of rotatable bonds is 13. The molecule has 4 nitrogen and oxygen atoms in total. The summed E-state index contributed by atoms with van der Waals surface area (Å²) in [7, 11) is 0. The summed E-state index contributed by atoms with van der Waals surface area (Å²) in [5.41, 5.74) is -0.628. The molecule has 1 atom stereocenters. The maximum Gasteiger partial charge on any atom is 0.322 e. The van der Waals surface area contributed by atoms with Crippen molar-refractivity contribution >= 4 is 11.9 Å². The van der Waals surface area contributed by atoms with Crippen molar-refractivity contribution in [1.82, 2.24) is 10.6 Å². The second-order valence-electron chi connectivity index (χ2n) is 7.61. The number of hydrogen-bond donors (Lipinski definition) is 2. The molecule has 1 fully saturated rings. The van der Waals surface area contributed by atoms with Crippen LogP contribution in [-0.4, -0.2) is 11.9 Å². The van der Waals surface area contributed by atoms with Crippen LogP contribution in [-0.2, 0) is 10.3 Å². The van der Waals surface area contributed by atoms with Gasteiger partial charge in [-0.05, 0) is 24.1 Å². The molecule has 150 valence electrons. The van der Waals surface area contributed by atoms with Gasteiger partial charge in [-0.2, -0.15) is 0 Å². The van der Waals surface area contributed by atoms with Gasteiger partial charge >= 0.3 is 6.03 Å². The predicted octanol–water partition coefficient (Wildman–Crippen LogP) is 5.56. The third-order valence-electron chi connectivity index (χ3n) is 5.41. The van der Waals surface area contributed by atoms with Gasteiger partial charge in [-0.15, -0.1) is 0 Å². The molecule has 27 heavy (non-hydrogen) atoms. The molecule has 1 unspecified atom stereocenters. The van der Waals surface area contributed by atoms with Crippen LogP contribution in [0, 0.1) is 5.82 Å². The van der Waals surface area contributed by atoms with E-state index in [1.807, 2.05) is 0 Å². The number of halogens is 1. The van der Waals surface area contributed by atoms with E-state index >= 15 is 0 Å². The van der Waals surface area contributed by atoms with Crippen molar-refractivity contribution in [2.24, 2.45) is 0 Å². The van der Waals surface area contributed by atoms with Crippen LogP contribution in [0.15, 0.2) is 24.3 Å². The van der Waals surface area contributed by atoms with Crippen LogP contribution >= 0.6 is 0 Å². The van der Waals surface area contributed by atoms with E-state index in [0.29, 0.717) is 12.0 Å². The van der Waals surface area contributed by atoms with Gasteiger partial charge in [0.25, 0.3) is 5.91 Å². The van der Waals surface area contributed by atoms with E-state index in [1.54, 1.807) is 12.1 Å². The summed E-state index contributed by atoms with van der Waals surface area (Å²) in [6.45, 7) is 2.24. The number of amides is 3. The Hall–Kier alpha value is -1.91. The van der Waals surface area contributed by atoms with E-state index in [9.17, 15) is 14.0 Å². The molecule has 2 rings (SSSR count). The number of unbranched alkanes of at least 4 members (excludes halogenated alkanes) is 10. The molecule has 2 N–H and O–H groups in total. The molecule has 1 aliphatic heterocycles. The lowest BCUT2D eigenvalue weighted by atomic mass is 9.84. The number of nitrogens with one attached hydrogen (secondary N) is 2. The molecule has 0 radical (unpaired) electrons. The summed E-state index contributed by atoms with van der Waals surface area (Å²) in [5, 5.41) is 5.03. The van der Waals surface area contributed by atoms with Crippen LogP contribution in [0.4, 0.5) is 9.18 Å². The Bertz CT molecular complexity index is 620. The second-order valence-corrected chi connectivity index (χ2v) is 7.61. The minimum Gasteiger partial charge on any atom is -0.319 e. The second kappa shape index (κ2) is 11.1. The summed E-state index contributed by atoms with van der Waals surface area (Å²) in [6.07, 6.45) is 13.9. The minimum absolute atomic E-state index is 0.384. The van der Waals surface area contributed by atoms with E-state index in [-0.39, 0.29) is 5.91 Å². The Morgan fingerprint density at radius 1 is 0.889 bits per heavy atom. The molecular formula is C22H33FN2O2. The van der Waals surface area contributed by atoms with Gasteiger partial charge in [0.2, 0.25) is 0 Å². The molecule has 0 bridgehead atoms. The molecular weight excluding hydrogens is 343 g/mol. The Kier molecular flexibility index (Phi) is 8.76. The maximum atomic E-state index is 13.6. The number of carbonyl (C=O) groups excluding carboxylic acids is 2. The number of carbonyl (C=O) groups is 2. The molecule has 1 aliphatic rings. The first-order valence-electron chi connectivity index (χ1n) is 10.5. The van der Waals surface area contributed by atoms with Crippen LogP contribution in [0.5, 0.6) is 0 Å². The average molecular weight is 377 g/mol. The van der Waals surface area contributed by atoms with Crippen LogP contribution in [0.3, 0.4) is 0 Å². The number of hydrogen-bond acceptors (Lipinski definition) is 2. The van der Waals surface area contributed by atoms with Gasteiger partial charge < -0.3 is 5.32 Å². The van der Waals surface area contributed by atoms with Crippen molar-refractivity contribution < 1.29 is 14.0 Å². The van der Waals surface area contributed by atoms with Crippen molar-refractivity contribution in [3.8, 4) is 0 Å². The first-order chi connectivity index (χ1) is 13.1. The molecule has 1 heterocycles. The molecule has 1 saturated heterocycles. The number of benzene rings is 1. The maximum absolute atomic E-state index is 13.6. The van der Waals surface area contributed by atoms with Gasteiger partial charge in [0.15, 0.2) is 0 Å². The van der Waals surface area contributed by atoms with Gasteiger partial charge in [-0.3, -0.25) is 10.1 Å². The first kappa shape index (κ1) is 21.4. The summed E-state index contributed by atoms with van der Waals surface area (Å²) in [5.74, 6) is -0.787. The van der Waals surface area contributed by atoms with Crippen molar-refractivity contribution in [3.05, 3.63) is 35.6 Å². The standard InChI is InChI=1S/C22H33FN2O2/c1-2-3-4-5-6-7-8-9-10-11-12-16-22(20(26)24-21(27)25-22)18-14-13-15-19(23)17-18/h13-15,17H,2-12,16H2,1H3,(H2,24,25,26,27). The highest BCUT2D eigenvalue weighted by molar-refractivity contribution is 6.07. The summed E-state index contributed by atoms with van der Waals surface area (Å²) >= 11 is 0. The third-order valence-corrected chi connectivity index (χ3v) is 5.41. The molecule has 0 aromatic heterocycles. The van der Waals surface area contributed by atoms with Crippen LogP contribution in [0.25, 0.3) is 0 Å². The fourth-order valence-electron chi connectivity index (χ4n) is 3.82. The van der Waals surface area contributed by atoms with Gasteiger partial charge in [0.05, 0.1) is 0 Å². The fraction of sp³-hybridized carbons (Fsp3) is 0.636. The van der Waals surface area contributed by atoms with Gasteiger partial charge in [0.1, 0.15) is 11.4 Å². The van der Waals surface area contributed by atoms with Gasteiger partial charge in [-0.25, -0.2) is 9.18 Å². The molecule has 1 aromatic carbocycles. The Labute approximate surface area is 162 Å². The highest BCUT2D eigenvalue weighted by Gasteiger charge is 2.47. The minimum atomic E-state index is -1.14. The topological polar surface area (TPSA) is 58.2 Å². The largest absolute Gasteiger partial charge is 0.322 e. The molecule has 5 heteroatoms. The third kappa shape index (κ3) is 6.33. The van der Waals surface area contributed by atoms with Crippen molar-refractivity contribution in [1.29, 1.82) is 0 Å². The first-order valence-corrected chi connectivity index (χ1v) is 10.5. The van der Waals surface area contributed by atoms with Crippen molar-refractivity contribution in [2.75, 3.05) is 0 Å². The summed E-state index contributed by atoms with van der Waals surface area (Å²) < 4.78 is 13.6. The van der Waals surface area contributed by atoms with Crippen LogP contribution in [0.1, 0.15) is 89.5 Å². The molecule has 0 aliphatic carbocycles. The normalized spacial score (nSPS) is 19.2. The van der Waals surface area contributed by atoms with Crippen molar-refractivity contribution in [2.45, 2.75) is 89.5 Å². The Balaban J connectivity index is 1.73. The number of imide groups is 1. The fourth-order valence-corrected chi connectivity index (χ4v) is 3.82. The Morgan fingerprint density at radius 3 is 2.00 bits per heavy atom. The lowest BCUT2D eigenvalue weighted by Gasteiger charge is -2.26. The van der Waals surface area contributed by atoms with E-state index in [4.69, 9.17) is 0 Å². The average Bonchev–Trinajstić information content (AvgIpc) is 2.94. The van der Waals surface area contributed by atoms with E-state index in [2.05, 4.69) is 17.6 Å². The summed E-state index contributed by atoms with van der Waals surface area (Å²) in [6, 6.07) is 5.45. The van der Waals surface area contributed by atoms with E-state index in [0.717, 1.165) is 19.3 Å². The zero-order valence-electron chi connectivity index (χ0n) is 16.5. The molecule has 0 saturated carbocycles.